The van der Waals surface area contributed by atoms with Crippen LogP contribution >= 0.6 is 23.2 Å². The van der Waals surface area contributed by atoms with Crippen LogP contribution in [0.3, 0.4) is 0 Å². The highest BCUT2D eigenvalue weighted by atomic mass is 35.5. The quantitative estimate of drug-likeness (QED) is 0.773. The van der Waals surface area contributed by atoms with Gasteiger partial charge in [-0.2, -0.15) is 0 Å². The molecule has 1 aromatic carbocycles. The van der Waals surface area contributed by atoms with Gasteiger partial charge in [-0.1, -0.05) is 29.3 Å². The Labute approximate surface area is 172 Å². The summed E-state index contributed by atoms with van der Waals surface area (Å²) in [6.45, 7) is 0.439. The largest absolute Gasteiger partial charge is 0.467 e. The molecule has 148 valence electrons. The number of benzene rings is 1. The summed E-state index contributed by atoms with van der Waals surface area (Å²) >= 11 is 12.1. The first-order valence-corrected chi connectivity index (χ1v) is 9.39. The summed E-state index contributed by atoms with van der Waals surface area (Å²) in [5.74, 6) is -0.649. The van der Waals surface area contributed by atoms with Crippen LogP contribution in [0.25, 0.3) is 0 Å². The van der Waals surface area contributed by atoms with Gasteiger partial charge in [-0.25, -0.2) is 0 Å². The van der Waals surface area contributed by atoms with Gasteiger partial charge in [0.05, 0.1) is 41.0 Å². The van der Waals surface area contributed by atoms with E-state index in [2.05, 4.69) is 5.32 Å². The average molecular weight is 424 g/mol. The number of likely N-dealkylation sites (N-methyl/N-ethyl adjacent to an activating group) is 1. The number of halogens is 2. The van der Waals surface area contributed by atoms with E-state index < -0.39 is 11.8 Å². The highest BCUT2D eigenvalue weighted by Gasteiger charge is 2.36. The van der Waals surface area contributed by atoms with Crippen molar-refractivity contribution in [1.82, 2.24) is 9.80 Å². The monoisotopic (exact) mass is 423 g/mol. The van der Waals surface area contributed by atoms with Crippen LogP contribution in [-0.4, -0.2) is 47.7 Å². The number of para-hydroxylation sites is 1. The molecular weight excluding hydrogens is 405 g/mol. The number of carbonyl (C=O) groups is 3. The van der Waals surface area contributed by atoms with Crippen LogP contribution in [0.4, 0.5) is 5.69 Å². The number of amides is 3. The highest BCUT2D eigenvalue weighted by molar-refractivity contribution is 6.39. The van der Waals surface area contributed by atoms with Crippen molar-refractivity contribution in [3.05, 3.63) is 52.4 Å². The second-order valence-electron chi connectivity index (χ2n) is 6.59. The third-order valence-electron chi connectivity index (χ3n) is 4.47. The van der Waals surface area contributed by atoms with E-state index in [1.807, 2.05) is 0 Å². The fourth-order valence-corrected chi connectivity index (χ4v) is 3.57. The molecule has 1 aliphatic rings. The van der Waals surface area contributed by atoms with E-state index in [-0.39, 0.29) is 24.8 Å². The second kappa shape index (κ2) is 8.67. The maximum absolute atomic E-state index is 12.7. The van der Waals surface area contributed by atoms with Gasteiger partial charge < -0.3 is 19.5 Å². The first kappa shape index (κ1) is 20.2. The van der Waals surface area contributed by atoms with E-state index >= 15 is 0 Å². The Hall–Kier alpha value is -2.51. The Bertz CT molecular complexity index is 865. The summed E-state index contributed by atoms with van der Waals surface area (Å²) in [5, 5.41) is 3.24. The fraction of sp³-hybridized carbons (Fsp3) is 0.316. The zero-order valence-corrected chi connectivity index (χ0v) is 16.7. The SMILES string of the molecule is CN(CC(=O)Nc1c(Cl)cccc1Cl)C(=O)C1CC(=O)N(Cc2ccco2)C1. The van der Waals surface area contributed by atoms with Gasteiger partial charge in [-0.05, 0) is 24.3 Å². The molecule has 0 saturated carbocycles. The van der Waals surface area contributed by atoms with Crippen LogP contribution in [0.2, 0.25) is 10.0 Å². The minimum atomic E-state index is -0.496. The molecule has 1 N–H and O–H groups in total. The maximum Gasteiger partial charge on any atom is 0.244 e. The first-order valence-electron chi connectivity index (χ1n) is 8.64. The summed E-state index contributed by atoms with van der Waals surface area (Å²) < 4.78 is 5.25. The molecule has 0 radical (unpaired) electrons. The van der Waals surface area contributed by atoms with E-state index in [9.17, 15) is 14.4 Å². The Balaban J connectivity index is 1.55. The van der Waals surface area contributed by atoms with E-state index in [4.69, 9.17) is 27.6 Å². The van der Waals surface area contributed by atoms with Crippen LogP contribution in [0.15, 0.2) is 41.0 Å². The molecule has 1 fully saturated rings. The molecule has 1 aliphatic heterocycles. The lowest BCUT2D eigenvalue weighted by Crippen LogP contribution is -2.39. The standard InChI is InChI=1S/C19H19Cl2N3O4/c1-23(11-16(25)22-18-14(20)5-2-6-15(18)21)19(27)12-8-17(26)24(9-12)10-13-4-3-7-28-13/h2-7,12H,8-11H2,1H3,(H,22,25). The maximum atomic E-state index is 12.7. The Morgan fingerprint density at radius 1 is 1.25 bits per heavy atom. The van der Waals surface area contributed by atoms with Crippen molar-refractivity contribution < 1.29 is 18.8 Å². The Morgan fingerprint density at radius 3 is 2.61 bits per heavy atom. The molecule has 7 nitrogen and oxygen atoms in total. The number of rotatable bonds is 6. The molecule has 3 rings (SSSR count). The van der Waals surface area contributed by atoms with Crippen LogP contribution in [0.1, 0.15) is 12.2 Å². The molecule has 1 aromatic heterocycles. The number of nitrogens with one attached hydrogen (secondary N) is 1. The van der Waals surface area contributed by atoms with E-state index in [0.717, 1.165) is 0 Å². The molecule has 3 amide bonds. The van der Waals surface area contributed by atoms with Gasteiger partial charge in [-0.15, -0.1) is 0 Å². The number of nitrogens with zero attached hydrogens (tertiary/aromatic N) is 2. The molecule has 0 bridgehead atoms. The molecule has 1 unspecified atom stereocenters. The zero-order chi connectivity index (χ0) is 20.3. The smallest absolute Gasteiger partial charge is 0.244 e. The molecule has 28 heavy (non-hydrogen) atoms. The zero-order valence-electron chi connectivity index (χ0n) is 15.2. The number of likely N-dealkylation sites (tertiary alicyclic amines) is 1. The average Bonchev–Trinajstić information content (AvgIpc) is 3.28. The molecule has 2 aromatic rings. The molecule has 1 saturated heterocycles. The van der Waals surface area contributed by atoms with Gasteiger partial charge in [0.15, 0.2) is 0 Å². The lowest BCUT2D eigenvalue weighted by molar-refractivity contribution is -0.137. The third-order valence-corrected chi connectivity index (χ3v) is 5.10. The topological polar surface area (TPSA) is 82.9 Å². The Morgan fingerprint density at radius 2 is 1.96 bits per heavy atom. The third kappa shape index (κ3) is 4.66. The van der Waals surface area contributed by atoms with Gasteiger partial charge in [0, 0.05) is 20.0 Å². The molecular formula is C19H19Cl2N3O4. The summed E-state index contributed by atoms with van der Waals surface area (Å²) in [7, 11) is 1.52. The van der Waals surface area contributed by atoms with Crippen LogP contribution in [0, 0.1) is 5.92 Å². The van der Waals surface area contributed by atoms with Crippen molar-refractivity contribution in [2.24, 2.45) is 5.92 Å². The van der Waals surface area contributed by atoms with Crippen molar-refractivity contribution in [2.45, 2.75) is 13.0 Å². The lowest BCUT2D eigenvalue weighted by Gasteiger charge is -2.21. The normalized spacial score (nSPS) is 16.3. The van der Waals surface area contributed by atoms with E-state index in [1.165, 1.54) is 18.2 Å². The second-order valence-corrected chi connectivity index (χ2v) is 7.41. The number of furan rings is 1. The minimum absolute atomic E-state index is 0.113. The molecule has 9 heteroatoms. The first-order chi connectivity index (χ1) is 13.3. The molecule has 2 heterocycles. The number of anilines is 1. The lowest BCUT2D eigenvalue weighted by atomic mass is 10.1. The number of hydrogen-bond acceptors (Lipinski definition) is 4. The van der Waals surface area contributed by atoms with Crippen molar-refractivity contribution >= 4 is 46.6 Å². The molecule has 0 spiro atoms. The fourth-order valence-electron chi connectivity index (χ4n) is 3.08. The van der Waals surface area contributed by atoms with Gasteiger partial charge in [0.1, 0.15) is 5.76 Å². The Kier molecular flexibility index (Phi) is 6.26. The molecule has 0 aliphatic carbocycles. The highest BCUT2D eigenvalue weighted by Crippen LogP contribution is 2.29. The van der Waals surface area contributed by atoms with E-state index in [0.29, 0.717) is 34.6 Å². The van der Waals surface area contributed by atoms with Crippen molar-refractivity contribution in [2.75, 3.05) is 25.5 Å². The van der Waals surface area contributed by atoms with Crippen LogP contribution < -0.4 is 5.32 Å². The summed E-state index contributed by atoms with van der Waals surface area (Å²) in [5.41, 5.74) is 0.303. The van der Waals surface area contributed by atoms with E-state index in [1.54, 1.807) is 35.2 Å². The van der Waals surface area contributed by atoms with Crippen molar-refractivity contribution in [1.29, 1.82) is 0 Å². The van der Waals surface area contributed by atoms with Crippen molar-refractivity contribution in [3.8, 4) is 0 Å². The van der Waals surface area contributed by atoms with Crippen LogP contribution in [0.5, 0.6) is 0 Å². The summed E-state index contributed by atoms with van der Waals surface area (Å²) in [6.07, 6.45) is 1.65. The minimum Gasteiger partial charge on any atom is -0.467 e. The summed E-state index contributed by atoms with van der Waals surface area (Å²) in [4.78, 5) is 40.0. The number of carbonyl (C=O) groups excluding carboxylic acids is 3. The molecule has 1 atom stereocenters. The summed E-state index contributed by atoms with van der Waals surface area (Å²) in [6, 6.07) is 8.40. The predicted molar refractivity (Wildman–Crippen MR) is 105 cm³/mol. The van der Waals surface area contributed by atoms with Gasteiger partial charge >= 0.3 is 0 Å². The predicted octanol–water partition coefficient (Wildman–Crippen LogP) is 3.03. The van der Waals surface area contributed by atoms with Crippen molar-refractivity contribution in [3.63, 3.8) is 0 Å². The van der Waals surface area contributed by atoms with Gasteiger partial charge in [0.25, 0.3) is 0 Å². The van der Waals surface area contributed by atoms with Gasteiger partial charge in [-0.3, -0.25) is 14.4 Å². The van der Waals surface area contributed by atoms with Crippen LogP contribution in [-0.2, 0) is 20.9 Å². The number of hydrogen-bond donors (Lipinski definition) is 1. The van der Waals surface area contributed by atoms with Gasteiger partial charge in [0.2, 0.25) is 17.7 Å².